The molecule has 1 fully saturated rings. The van der Waals surface area contributed by atoms with E-state index in [1.54, 1.807) is 27.7 Å². The van der Waals surface area contributed by atoms with Gasteiger partial charge in [0.1, 0.15) is 5.88 Å². The Balaban J connectivity index is 1.77. The second kappa shape index (κ2) is 5.37. The van der Waals surface area contributed by atoms with Crippen LogP contribution < -0.4 is 11.3 Å². The van der Waals surface area contributed by atoms with Gasteiger partial charge in [0.2, 0.25) is 5.91 Å². The Morgan fingerprint density at radius 2 is 2.19 bits per heavy atom. The van der Waals surface area contributed by atoms with Crippen LogP contribution >= 0.6 is 11.6 Å². The second-order valence-electron chi connectivity index (χ2n) is 5.28. The van der Waals surface area contributed by atoms with Crippen LogP contribution in [0.15, 0.2) is 29.3 Å². The minimum absolute atomic E-state index is 0.00558. The number of rotatable bonds is 3. The fourth-order valence-corrected chi connectivity index (χ4v) is 2.73. The first-order valence-corrected chi connectivity index (χ1v) is 7.20. The van der Waals surface area contributed by atoms with Gasteiger partial charge in [-0.3, -0.25) is 14.2 Å². The molecule has 0 radical (unpaired) electrons. The molecule has 0 unspecified atom stereocenters. The lowest BCUT2D eigenvalue weighted by atomic mass is 10.00. The smallest absolute Gasteiger partial charge is 0.261 e. The van der Waals surface area contributed by atoms with Crippen molar-refractivity contribution in [2.45, 2.75) is 6.54 Å². The van der Waals surface area contributed by atoms with Gasteiger partial charge in [-0.25, -0.2) is 4.98 Å². The lowest BCUT2D eigenvalue weighted by Crippen LogP contribution is -2.52. The summed E-state index contributed by atoms with van der Waals surface area (Å²) in [5.74, 6) is 0.210. The Morgan fingerprint density at radius 1 is 1.43 bits per heavy atom. The number of carbonyl (C=O) groups excluding carboxylic acids is 1. The number of nitrogens with zero attached hydrogens (tertiary/aromatic N) is 3. The minimum atomic E-state index is -0.0814. The van der Waals surface area contributed by atoms with Crippen LogP contribution in [0.25, 0.3) is 10.9 Å². The zero-order chi connectivity index (χ0) is 15.0. The largest absolute Gasteiger partial charge is 0.399 e. The van der Waals surface area contributed by atoms with Crippen molar-refractivity contribution >= 4 is 34.1 Å². The fourth-order valence-electron chi connectivity index (χ4n) is 2.56. The van der Waals surface area contributed by atoms with Gasteiger partial charge in [0.05, 0.1) is 17.2 Å². The zero-order valence-corrected chi connectivity index (χ0v) is 12.1. The van der Waals surface area contributed by atoms with Crippen LogP contribution in [0, 0.1) is 5.92 Å². The number of nitrogen functional groups attached to an aromatic ring is 1. The van der Waals surface area contributed by atoms with E-state index in [1.807, 2.05) is 0 Å². The molecule has 2 heterocycles. The highest BCUT2D eigenvalue weighted by Gasteiger charge is 2.30. The van der Waals surface area contributed by atoms with E-state index in [0.29, 0.717) is 36.2 Å². The van der Waals surface area contributed by atoms with Gasteiger partial charge in [-0.1, -0.05) is 0 Å². The number of carbonyl (C=O) groups is 1. The van der Waals surface area contributed by atoms with Crippen LogP contribution in [0.3, 0.4) is 0 Å². The van der Waals surface area contributed by atoms with Crippen molar-refractivity contribution in [3.05, 3.63) is 34.9 Å². The molecule has 1 aliphatic heterocycles. The van der Waals surface area contributed by atoms with Crippen molar-refractivity contribution in [3.63, 3.8) is 0 Å². The molecule has 3 rings (SSSR count). The zero-order valence-electron chi connectivity index (χ0n) is 11.3. The van der Waals surface area contributed by atoms with E-state index in [-0.39, 0.29) is 23.3 Å². The molecule has 1 saturated heterocycles. The number of hydrogen-bond donors (Lipinski definition) is 1. The molecule has 1 aromatic carbocycles. The predicted molar refractivity (Wildman–Crippen MR) is 81.2 cm³/mol. The molecule has 110 valence electrons. The van der Waals surface area contributed by atoms with E-state index in [0.717, 1.165) is 0 Å². The van der Waals surface area contributed by atoms with Crippen LogP contribution in [0.2, 0.25) is 0 Å². The monoisotopic (exact) mass is 306 g/mol. The average Bonchev–Trinajstić information content (AvgIpc) is 2.43. The molecule has 1 aliphatic rings. The van der Waals surface area contributed by atoms with Crippen LogP contribution in [0.5, 0.6) is 0 Å². The number of hydrogen-bond acceptors (Lipinski definition) is 4. The summed E-state index contributed by atoms with van der Waals surface area (Å²) in [5, 5.41) is 0.555. The maximum Gasteiger partial charge on any atom is 0.261 e. The van der Waals surface area contributed by atoms with Gasteiger partial charge in [-0.15, -0.1) is 11.6 Å². The average molecular weight is 307 g/mol. The third kappa shape index (κ3) is 2.58. The Labute approximate surface area is 126 Å². The van der Waals surface area contributed by atoms with Gasteiger partial charge in [-0.05, 0) is 18.2 Å². The number of nitrogens with two attached hydrogens (primary N) is 1. The van der Waals surface area contributed by atoms with Crippen LogP contribution in [0.4, 0.5) is 5.69 Å². The SMILES string of the molecule is Nc1ccc2c(=O)n(CC3CN(C(=O)CCl)C3)cnc2c1. The molecule has 0 atom stereocenters. The number of halogens is 1. The minimum Gasteiger partial charge on any atom is -0.399 e. The van der Waals surface area contributed by atoms with Gasteiger partial charge in [0.25, 0.3) is 5.56 Å². The molecule has 21 heavy (non-hydrogen) atoms. The number of benzene rings is 1. The molecule has 7 heteroatoms. The van der Waals surface area contributed by atoms with E-state index >= 15 is 0 Å². The summed E-state index contributed by atoms with van der Waals surface area (Å²) in [6.45, 7) is 1.83. The molecular weight excluding hydrogens is 292 g/mol. The van der Waals surface area contributed by atoms with Crippen molar-refractivity contribution in [3.8, 4) is 0 Å². The van der Waals surface area contributed by atoms with E-state index in [1.165, 1.54) is 6.33 Å². The van der Waals surface area contributed by atoms with Crippen LogP contribution in [-0.4, -0.2) is 39.3 Å². The molecule has 0 aliphatic carbocycles. The van der Waals surface area contributed by atoms with Crippen molar-refractivity contribution in [1.82, 2.24) is 14.5 Å². The van der Waals surface area contributed by atoms with E-state index < -0.39 is 0 Å². The topological polar surface area (TPSA) is 81.2 Å². The van der Waals surface area contributed by atoms with Crippen LogP contribution in [0.1, 0.15) is 0 Å². The van der Waals surface area contributed by atoms with Gasteiger partial charge >= 0.3 is 0 Å². The summed E-state index contributed by atoms with van der Waals surface area (Å²) < 4.78 is 1.59. The number of alkyl halides is 1. The second-order valence-corrected chi connectivity index (χ2v) is 5.54. The molecule has 0 spiro atoms. The van der Waals surface area contributed by atoms with E-state index in [4.69, 9.17) is 17.3 Å². The molecule has 2 aromatic rings. The van der Waals surface area contributed by atoms with Crippen LogP contribution in [-0.2, 0) is 11.3 Å². The highest BCUT2D eigenvalue weighted by molar-refractivity contribution is 6.27. The molecule has 0 bridgehead atoms. The number of amides is 1. The Hall–Kier alpha value is -2.08. The predicted octanol–water partition coefficient (Wildman–Crippen LogP) is 0.676. The summed E-state index contributed by atoms with van der Waals surface area (Å²) in [6, 6.07) is 5.08. The first kappa shape index (κ1) is 13.9. The third-order valence-electron chi connectivity index (χ3n) is 3.73. The van der Waals surface area contributed by atoms with Crippen molar-refractivity contribution in [1.29, 1.82) is 0 Å². The Morgan fingerprint density at radius 3 is 2.90 bits per heavy atom. The van der Waals surface area contributed by atoms with Crippen molar-refractivity contribution in [2.75, 3.05) is 24.7 Å². The van der Waals surface area contributed by atoms with E-state index in [9.17, 15) is 9.59 Å². The summed E-state index contributed by atoms with van der Waals surface area (Å²) in [6.07, 6.45) is 1.54. The molecule has 2 N–H and O–H groups in total. The molecule has 1 amide bonds. The Kier molecular flexibility index (Phi) is 3.55. The van der Waals surface area contributed by atoms with Gasteiger partial charge in [0, 0.05) is 31.2 Å². The number of likely N-dealkylation sites (tertiary alicyclic amines) is 1. The lowest BCUT2D eigenvalue weighted by molar-refractivity contribution is -0.134. The summed E-state index contributed by atoms with van der Waals surface area (Å²) in [4.78, 5) is 29.7. The molecule has 1 aromatic heterocycles. The molecule has 0 saturated carbocycles. The van der Waals surface area contributed by atoms with Gasteiger partial charge in [-0.2, -0.15) is 0 Å². The summed E-state index contributed by atoms with van der Waals surface area (Å²) >= 11 is 5.50. The summed E-state index contributed by atoms with van der Waals surface area (Å²) in [7, 11) is 0. The van der Waals surface area contributed by atoms with Crippen molar-refractivity contribution < 1.29 is 4.79 Å². The first-order valence-electron chi connectivity index (χ1n) is 6.67. The van der Waals surface area contributed by atoms with E-state index in [2.05, 4.69) is 4.98 Å². The fraction of sp³-hybridized carbons (Fsp3) is 0.357. The number of anilines is 1. The maximum atomic E-state index is 12.4. The molecular formula is C14H15ClN4O2. The highest BCUT2D eigenvalue weighted by Crippen LogP contribution is 2.18. The summed E-state index contributed by atoms with van der Waals surface area (Å²) in [5.41, 5.74) is 6.79. The first-order chi connectivity index (χ1) is 10.1. The quantitative estimate of drug-likeness (QED) is 0.668. The molecule has 6 nitrogen and oxygen atoms in total. The maximum absolute atomic E-state index is 12.4. The lowest BCUT2D eigenvalue weighted by Gasteiger charge is -2.39. The highest BCUT2D eigenvalue weighted by atomic mass is 35.5. The number of aromatic nitrogens is 2. The number of fused-ring (bicyclic) bond motifs is 1. The Bertz CT molecular complexity index is 752. The van der Waals surface area contributed by atoms with Gasteiger partial charge in [0.15, 0.2) is 0 Å². The third-order valence-corrected chi connectivity index (χ3v) is 3.96. The normalized spacial score (nSPS) is 15.2. The standard InChI is InChI=1S/C14H15ClN4O2/c15-4-13(20)18-5-9(6-18)7-19-8-17-12-3-10(16)1-2-11(12)14(19)21/h1-3,8-9H,4-7,16H2. The van der Waals surface area contributed by atoms with Gasteiger partial charge < -0.3 is 10.6 Å². The van der Waals surface area contributed by atoms with Crippen molar-refractivity contribution in [2.24, 2.45) is 5.92 Å².